The Morgan fingerprint density at radius 2 is 1.32 bits per heavy atom. The van der Waals surface area contributed by atoms with Crippen LogP contribution in [0.25, 0.3) is 0 Å². The Morgan fingerprint density at radius 1 is 0.821 bits per heavy atom. The van der Waals surface area contributed by atoms with Crippen LogP contribution >= 0.6 is 0 Å². The van der Waals surface area contributed by atoms with Crippen molar-refractivity contribution in [3.05, 3.63) is 29.8 Å². The molecular weight excluding hydrogens is 374 g/mol. The average molecular weight is 412 g/mol. The first-order valence-corrected chi connectivity index (χ1v) is 12.2. The molecule has 0 radical (unpaired) electrons. The maximum atomic E-state index is 12.0. The van der Waals surface area contributed by atoms with Gasteiger partial charge in [0.2, 0.25) is 0 Å². The van der Waals surface area contributed by atoms with Crippen molar-refractivity contribution in [2.45, 2.75) is 96.8 Å². The zero-order valence-corrected chi connectivity index (χ0v) is 18.1. The van der Waals surface area contributed by atoms with E-state index in [1.165, 1.54) is 51.4 Å². The summed E-state index contributed by atoms with van der Waals surface area (Å²) in [5, 5.41) is 4.83. The summed E-state index contributed by atoms with van der Waals surface area (Å²) in [5.74, 6) is 0.539. The van der Waals surface area contributed by atoms with Gasteiger partial charge in [-0.25, -0.2) is 0 Å². The highest BCUT2D eigenvalue weighted by Crippen LogP contribution is 2.16. The molecule has 0 unspecified atom stereocenters. The third-order valence-corrected chi connectivity index (χ3v) is 5.29. The van der Waals surface area contributed by atoms with E-state index in [9.17, 15) is 13.2 Å². The average Bonchev–Trinajstić information content (AvgIpc) is 2.63. The second kappa shape index (κ2) is 14.6. The fraction of sp³-hybridized carbons (Fsp3) is 0.682. The van der Waals surface area contributed by atoms with Gasteiger partial charge in [0.15, 0.2) is 0 Å². The van der Waals surface area contributed by atoms with Crippen LogP contribution in [0.15, 0.2) is 24.3 Å². The van der Waals surface area contributed by atoms with Crippen LogP contribution in [0, 0.1) is 0 Å². The highest BCUT2D eigenvalue weighted by Gasteiger charge is 2.06. The van der Waals surface area contributed by atoms with Crippen molar-refractivity contribution < 1.29 is 17.4 Å². The van der Waals surface area contributed by atoms with E-state index in [0.717, 1.165) is 31.2 Å². The largest absolute Gasteiger partial charge is 0.380 e. The van der Waals surface area contributed by atoms with Gasteiger partial charge in [0.05, 0.1) is 0 Å². The molecule has 0 fully saturated rings. The number of carbonyl (C=O) groups is 1. The monoisotopic (exact) mass is 411 g/mol. The third-order valence-electron chi connectivity index (χ3n) is 4.87. The maximum absolute atomic E-state index is 12.0. The molecule has 6 heteroatoms. The molecule has 0 aromatic heterocycles. The summed E-state index contributed by atoms with van der Waals surface area (Å²) in [6.45, 7) is 2.24. The topological polar surface area (TPSA) is 86.5 Å². The van der Waals surface area contributed by atoms with Crippen molar-refractivity contribution in [1.82, 2.24) is 0 Å². The molecule has 0 amide bonds. The Bertz CT molecular complexity index is 641. The normalized spacial score (nSPS) is 11.5. The summed E-state index contributed by atoms with van der Waals surface area (Å²) >= 11 is 0. The molecule has 0 atom stereocenters. The fourth-order valence-electron chi connectivity index (χ4n) is 3.27. The Labute approximate surface area is 171 Å². The van der Waals surface area contributed by atoms with Gasteiger partial charge in [0.1, 0.15) is 11.5 Å². The van der Waals surface area contributed by atoms with E-state index < -0.39 is 10.3 Å². The number of aryl methyl sites for hydroxylation is 1. The number of ketones is 1. The van der Waals surface area contributed by atoms with Gasteiger partial charge in [-0.05, 0) is 37.0 Å². The van der Waals surface area contributed by atoms with Gasteiger partial charge in [-0.3, -0.25) is 4.79 Å². The minimum absolute atomic E-state index is 0.197. The first kappa shape index (κ1) is 24.6. The second-order valence-corrected chi connectivity index (χ2v) is 8.70. The molecule has 5 nitrogen and oxygen atoms in total. The summed E-state index contributed by atoms with van der Waals surface area (Å²) in [7, 11) is -3.98. The zero-order chi connectivity index (χ0) is 20.7. The van der Waals surface area contributed by atoms with Crippen molar-refractivity contribution in [2.75, 3.05) is 0 Å². The van der Waals surface area contributed by atoms with Crippen molar-refractivity contribution in [2.24, 2.45) is 5.14 Å². The maximum Gasteiger partial charge on any atom is 0.380 e. The minimum atomic E-state index is -3.98. The molecule has 2 N–H and O–H groups in total. The number of nitrogens with two attached hydrogens (primary N) is 1. The van der Waals surface area contributed by atoms with Crippen LogP contribution in [0.5, 0.6) is 5.75 Å². The van der Waals surface area contributed by atoms with Crippen LogP contribution in [0.4, 0.5) is 0 Å². The van der Waals surface area contributed by atoms with E-state index in [1.54, 1.807) is 24.3 Å². The number of benzene rings is 1. The molecule has 0 aliphatic rings. The van der Waals surface area contributed by atoms with Gasteiger partial charge < -0.3 is 4.18 Å². The Balaban J connectivity index is 2.02. The van der Waals surface area contributed by atoms with Gasteiger partial charge in [-0.15, -0.1) is 0 Å². The van der Waals surface area contributed by atoms with Gasteiger partial charge in [0.25, 0.3) is 0 Å². The molecule has 0 bridgehead atoms. The van der Waals surface area contributed by atoms with Gasteiger partial charge >= 0.3 is 10.3 Å². The van der Waals surface area contributed by atoms with Crippen molar-refractivity contribution in [3.8, 4) is 5.75 Å². The number of hydrogen-bond donors (Lipinski definition) is 1. The van der Waals surface area contributed by atoms with E-state index in [4.69, 9.17) is 5.14 Å². The van der Waals surface area contributed by atoms with E-state index in [-0.39, 0.29) is 5.75 Å². The molecule has 0 heterocycles. The van der Waals surface area contributed by atoms with Crippen LogP contribution < -0.4 is 9.32 Å². The van der Waals surface area contributed by atoms with Crippen LogP contribution in [0.1, 0.15) is 96.0 Å². The molecule has 160 valence electrons. The van der Waals surface area contributed by atoms with Gasteiger partial charge in [-0.2, -0.15) is 13.6 Å². The standard InChI is InChI=1S/C22H37NO4S/c1-2-3-4-5-6-7-8-9-10-11-14-21(24)15-12-13-20-16-18-22(19-17-20)27-28(23,25)26/h16-19H,2-15H2,1H3,(H2,23,25,26). The Hall–Kier alpha value is -1.40. The fourth-order valence-corrected chi connectivity index (χ4v) is 3.65. The molecule has 0 aliphatic carbocycles. The predicted octanol–water partition coefficient (Wildman–Crippen LogP) is 5.47. The number of rotatable bonds is 17. The van der Waals surface area contributed by atoms with E-state index in [0.29, 0.717) is 18.6 Å². The lowest BCUT2D eigenvalue weighted by atomic mass is 10.0. The molecule has 0 saturated heterocycles. The van der Waals surface area contributed by atoms with Gasteiger partial charge in [0, 0.05) is 12.8 Å². The van der Waals surface area contributed by atoms with Crippen molar-refractivity contribution in [3.63, 3.8) is 0 Å². The molecule has 0 aliphatic heterocycles. The smallest absolute Gasteiger partial charge is 0.371 e. The van der Waals surface area contributed by atoms with Crippen LogP contribution in [-0.2, 0) is 21.5 Å². The summed E-state index contributed by atoms with van der Waals surface area (Å²) in [5.41, 5.74) is 1.05. The van der Waals surface area contributed by atoms with E-state index in [1.807, 2.05) is 0 Å². The zero-order valence-electron chi connectivity index (χ0n) is 17.3. The predicted molar refractivity (Wildman–Crippen MR) is 115 cm³/mol. The molecule has 0 spiro atoms. The second-order valence-electron chi connectivity index (χ2n) is 7.54. The lowest BCUT2D eigenvalue weighted by molar-refractivity contribution is -0.119. The number of hydrogen-bond acceptors (Lipinski definition) is 4. The summed E-state index contributed by atoms with van der Waals surface area (Å²) in [6, 6.07) is 6.75. The highest BCUT2D eigenvalue weighted by atomic mass is 32.2. The SMILES string of the molecule is CCCCCCCCCCCCC(=O)CCCc1ccc(OS(N)(=O)=O)cc1. The summed E-state index contributed by atoms with van der Waals surface area (Å²) in [6.07, 6.45) is 15.7. The van der Waals surface area contributed by atoms with Crippen LogP contribution in [0.3, 0.4) is 0 Å². The molecular formula is C22H37NO4S. The number of carbonyl (C=O) groups excluding carboxylic acids is 1. The molecule has 28 heavy (non-hydrogen) atoms. The first-order chi connectivity index (χ1) is 13.4. The molecule has 0 saturated carbocycles. The first-order valence-electron chi connectivity index (χ1n) is 10.7. The lowest BCUT2D eigenvalue weighted by Gasteiger charge is -2.05. The Morgan fingerprint density at radius 3 is 1.86 bits per heavy atom. The minimum Gasteiger partial charge on any atom is -0.371 e. The summed E-state index contributed by atoms with van der Waals surface area (Å²) in [4.78, 5) is 12.0. The van der Waals surface area contributed by atoms with Gasteiger partial charge in [-0.1, -0.05) is 76.8 Å². The quantitative estimate of drug-likeness (QED) is 0.344. The lowest BCUT2D eigenvalue weighted by Crippen LogP contribution is -2.18. The third kappa shape index (κ3) is 13.7. The van der Waals surface area contributed by atoms with Crippen LogP contribution in [0.2, 0.25) is 0 Å². The molecule has 1 rings (SSSR count). The number of unbranched alkanes of at least 4 members (excludes halogenated alkanes) is 9. The summed E-state index contributed by atoms with van der Waals surface area (Å²) < 4.78 is 26.3. The van der Waals surface area contributed by atoms with E-state index >= 15 is 0 Å². The highest BCUT2D eigenvalue weighted by molar-refractivity contribution is 7.84. The van der Waals surface area contributed by atoms with Crippen molar-refractivity contribution in [1.29, 1.82) is 0 Å². The number of Topliss-reactive ketones (excluding diaryl/α,β-unsaturated/α-hetero) is 1. The molecule has 1 aromatic rings. The van der Waals surface area contributed by atoms with E-state index in [2.05, 4.69) is 11.1 Å². The molecule has 1 aromatic carbocycles. The van der Waals surface area contributed by atoms with Crippen molar-refractivity contribution >= 4 is 16.1 Å². The van der Waals surface area contributed by atoms with Crippen LogP contribution in [-0.4, -0.2) is 14.2 Å². The Kier molecular flexibility index (Phi) is 12.8.